The minimum absolute atomic E-state index is 0.283. The molecule has 3 aromatic rings. The van der Waals surface area contributed by atoms with E-state index in [2.05, 4.69) is 103 Å². The van der Waals surface area contributed by atoms with E-state index in [0.717, 1.165) is 60.4 Å². The van der Waals surface area contributed by atoms with E-state index in [-0.39, 0.29) is 6.04 Å². The predicted molar refractivity (Wildman–Crippen MR) is 133 cm³/mol. The van der Waals surface area contributed by atoms with E-state index >= 15 is 0 Å². The summed E-state index contributed by atoms with van der Waals surface area (Å²) in [5.41, 5.74) is 11.7. The van der Waals surface area contributed by atoms with Gasteiger partial charge in [-0.05, 0) is 50.5 Å². The van der Waals surface area contributed by atoms with Gasteiger partial charge in [-0.2, -0.15) is 0 Å². The molecule has 0 saturated carbocycles. The quantitative estimate of drug-likeness (QED) is 0.540. The number of pyridine rings is 1. The maximum Gasteiger partial charge on any atom is 0.0727 e. The second-order valence-electron chi connectivity index (χ2n) is 9.55. The zero-order chi connectivity index (χ0) is 22.7. The molecule has 1 fully saturated rings. The van der Waals surface area contributed by atoms with Crippen LogP contribution < -0.4 is 5.43 Å². The SMILES string of the molecule is Cc1cc(-c2cccc(-c3ccc(C(C)NN4CCN(CC(C)C)CC4)cc3)n2)c(C)[nH]1. The highest BCUT2D eigenvalue weighted by Crippen LogP contribution is 2.26. The number of nitrogens with one attached hydrogen (secondary N) is 2. The lowest BCUT2D eigenvalue weighted by Crippen LogP contribution is -2.52. The lowest BCUT2D eigenvalue weighted by molar-refractivity contribution is 0.0712. The van der Waals surface area contributed by atoms with Crippen molar-refractivity contribution in [1.29, 1.82) is 0 Å². The lowest BCUT2D eigenvalue weighted by Gasteiger charge is -2.37. The van der Waals surface area contributed by atoms with Crippen LogP contribution in [0.4, 0.5) is 0 Å². The van der Waals surface area contributed by atoms with Crippen LogP contribution in [0.25, 0.3) is 22.5 Å². The molecule has 5 nitrogen and oxygen atoms in total. The molecule has 1 aromatic carbocycles. The van der Waals surface area contributed by atoms with Gasteiger partial charge >= 0.3 is 0 Å². The molecule has 1 aliphatic heterocycles. The molecule has 3 heterocycles. The Morgan fingerprint density at radius 1 is 0.938 bits per heavy atom. The Kier molecular flexibility index (Phi) is 7.09. The van der Waals surface area contributed by atoms with Crippen molar-refractivity contribution < 1.29 is 0 Å². The van der Waals surface area contributed by atoms with Gasteiger partial charge in [0, 0.05) is 61.3 Å². The first-order valence-electron chi connectivity index (χ1n) is 11.9. The molecular weight excluding hydrogens is 394 g/mol. The van der Waals surface area contributed by atoms with Crippen molar-refractivity contribution in [3.63, 3.8) is 0 Å². The summed E-state index contributed by atoms with van der Waals surface area (Å²) in [7, 11) is 0. The van der Waals surface area contributed by atoms with Crippen LogP contribution >= 0.6 is 0 Å². The Morgan fingerprint density at radius 3 is 2.25 bits per heavy atom. The number of hydrazine groups is 1. The largest absolute Gasteiger partial charge is 0.362 e. The number of H-pyrrole nitrogens is 1. The van der Waals surface area contributed by atoms with Crippen molar-refractivity contribution in [1.82, 2.24) is 25.3 Å². The van der Waals surface area contributed by atoms with Crippen molar-refractivity contribution in [3.8, 4) is 22.5 Å². The van der Waals surface area contributed by atoms with Crippen molar-refractivity contribution in [3.05, 3.63) is 65.5 Å². The first-order chi connectivity index (χ1) is 15.4. The lowest BCUT2D eigenvalue weighted by atomic mass is 10.0. The molecule has 0 amide bonds. The van der Waals surface area contributed by atoms with Crippen LogP contribution in [0.2, 0.25) is 0 Å². The fourth-order valence-electron chi connectivity index (χ4n) is 4.60. The molecule has 1 unspecified atom stereocenters. The van der Waals surface area contributed by atoms with Crippen molar-refractivity contribution in [2.24, 2.45) is 5.92 Å². The average Bonchev–Trinajstić information content (AvgIpc) is 3.13. The van der Waals surface area contributed by atoms with Gasteiger partial charge in [-0.1, -0.05) is 44.2 Å². The smallest absolute Gasteiger partial charge is 0.0727 e. The van der Waals surface area contributed by atoms with Crippen LogP contribution in [0, 0.1) is 19.8 Å². The number of rotatable bonds is 7. The van der Waals surface area contributed by atoms with Gasteiger partial charge in [-0.25, -0.2) is 15.4 Å². The summed E-state index contributed by atoms with van der Waals surface area (Å²) in [5.74, 6) is 0.735. The number of hydrogen-bond donors (Lipinski definition) is 2. The Bertz CT molecular complexity index is 1010. The molecule has 1 saturated heterocycles. The molecule has 32 heavy (non-hydrogen) atoms. The Hall–Kier alpha value is -2.47. The van der Waals surface area contributed by atoms with Crippen LogP contribution in [0.5, 0.6) is 0 Å². The summed E-state index contributed by atoms with van der Waals surface area (Å²) in [5, 5.41) is 2.38. The van der Waals surface area contributed by atoms with Gasteiger partial charge in [0.1, 0.15) is 0 Å². The Labute approximate surface area is 192 Å². The maximum absolute atomic E-state index is 4.93. The van der Waals surface area contributed by atoms with Crippen LogP contribution in [-0.4, -0.2) is 52.6 Å². The van der Waals surface area contributed by atoms with Gasteiger partial charge < -0.3 is 9.88 Å². The van der Waals surface area contributed by atoms with Gasteiger partial charge in [-0.3, -0.25) is 0 Å². The average molecular weight is 432 g/mol. The third-order valence-corrected chi connectivity index (χ3v) is 6.25. The zero-order valence-corrected chi connectivity index (χ0v) is 20.2. The summed E-state index contributed by atoms with van der Waals surface area (Å²) in [6.45, 7) is 16.6. The Morgan fingerprint density at radius 2 is 1.62 bits per heavy atom. The highest BCUT2D eigenvalue weighted by Gasteiger charge is 2.19. The number of aromatic amines is 1. The maximum atomic E-state index is 4.93. The van der Waals surface area contributed by atoms with E-state index in [4.69, 9.17) is 4.98 Å². The standard InChI is InChI=1S/C27H37N5/c1-19(2)18-31-13-15-32(16-14-31)30-21(4)23-9-11-24(12-10-23)26-7-6-8-27(29-26)25-17-20(3)28-22(25)5/h6-12,17,19,21,28,30H,13-16,18H2,1-5H3. The highest BCUT2D eigenvalue weighted by molar-refractivity contribution is 5.68. The molecule has 2 N–H and O–H groups in total. The number of hydrogen-bond acceptors (Lipinski definition) is 4. The minimum Gasteiger partial charge on any atom is -0.362 e. The highest BCUT2D eigenvalue weighted by atomic mass is 15.5. The van der Waals surface area contributed by atoms with Gasteiger partial charge in [0.2, 0.25) is 0 Å². The van der Waals surface area contributed by atoms with E-state index in [9.17, 15) is 0 Å². The molecule has 5 heteroatoms. The third-order valence-electron chi connectivity index (χ3n) is 6.25. The van der Waals surface area contributed by atoms with E-state index in [1.54, 1.807) is 0 Å². The second kappa shape index (κ2) is 9.99. The summed E-state index contributed by atoms with van der Waals surface area (Å²) in [4.78, 5) is 10.9. The summed E-state index contributed by atoms with van der Waals surface area (Å²) in [6.07, 6.45) is 0. The molecule has 170 valence electrons. The second-order valence-corrected chi connectivity index (χ2v) is 9.55. The molecule has 0 aliphatic carbocycles. The van der Waals surface area contributed by atoms with Crippen LogP contribution in [0.3, 0.4) is 0 Å². The summed E-state index contributed by atoms with van der Waals surface area (Å²) in [6, 6.07) is 17.5. The van der Waals surface area contributed by atoms with Gasteiger partial charge in [0.25, 0.3) is 0 Å². The molecule has 0 radical (unpaired) electrons. The first-order valence-corrected chi connectivity index (χ1v) is 11.9. The number of aromatic nitrogens is 2. The normalized spacial score (nSPS) is 16.6. The third kappa shape index (κ3) is 5.47. The van der Waals surface area contributed by atoms with Crippen LogP contribution in [0.1, 0.15) is 43.8 Å². The molecule has 0 spiro atoms. The Balaban J connectivity index is 1.39. The number of nitrogens with zero attached hydrogens (tertiary/aromatic N) is 3. The van der Waals surface area contributed by atoms with Crippen molar-refractivity contribution >= 4 is 0 Å². The minimum atomic E-state index is 0.283. The van der Waals surface area contributed by atoms with Gasteiger partial charge in [0.05, 0.1) is 11.4 Å². The molecule has 1 atom stereocenters. The number of aryl methyl sites for hydroxylation is 2. The van der Waals surface area contributed by atoms with Gasteiger partial charge in [0.15, 0.2) is 0 Å². The summed E-state index contributed by atoms with van der Waals surface area (Å²) < 4.78 is 0. The van der Waals surface area contributed by atoms with E-state index < -0.39 is 0 Å². The molecular formula is C27H37N5. The van der Waals surface area contributed by atoms with Crippen LogP contribution in [0.15, 0.2) is 48.5 Å². The topological polar surface area (TPSA) is 47.2 Å². The van der Waals surface area contributed by atoms with Crippen molar-refractivity contribution in [2.45, 2.75) is 40.7 Å². The molecule has 2 aromatic heterocycles. The van der Waals surface area contributed by atoms with Crippen LogP contribution in [-0.2, 0) is 0 Å². The first kappa shape index (κ1) is 22.7. The molecule has 0 bridgehead atoms. The predicted octanol–water partition coefficient (Wildman–Crippen LogP) is 5.20. The monoisotopic (exact) mass is 431 g/mol. The number of piperazine rings is 1. The van der Waals surface area contributed by atoms with E-state index in [0.29, 0.717) is 0 Å². The fraction of sp³-hybridized carbons (Fsp3) is 0.444. The van der Waals surface area contributed by atoms with Gasteiger partial charge in [-0.15, -0.1) is 0 Å². The fourth-order valence-corrected chi connectivity index (χ4v) is 4.60. The van der Waals surface area contributed by atoms with Crippen molar-refractivity contribution in [2.75, 3.05) is 32.7 Å². The zero-order valence-electron chi connectivity index (χ0n) is 20.2. The number of benzene rings is 1. The van der Waals surface area contributed by atoms with E-state index in [1.807, 2.05) is 0 Å². The molecule has 4 rings (SSSR count). The summed E-state index contributed by atoms with van der Waals surface area (Å²) >= 11 is 0. The van der Waals surface area contributed by atoms with E-state index in [1.165, 1.54) is 17.7 Å². The molecule has 1 aliphatic rings.